The van der Waals surface area contributed by atoms with Crippen molar-refractivity contribution < 1.29 is 24.2 Å². The number of furan rings is 1. The minimum Gasteiger partial charge on any atom is -0.508 e. The number of carbonyl (C=O) groups excluding carboxylic acids is 1. The van der Waals surface area contributed by atoms with Crippen LogP contribution in [0.2, 0.25) is 0 Å². The van der Waals surface area contributed by atoms with Gasteiger partial charge in [-0.15, -0.1) is 0 Å². The Bertz CT molecular complexity index is 833. The molecule has 0 atom stereocenters. The number of phenols is 1. The second-order valence-corrected chi connectivity index (χ2v) is 5.56. The van der Waals surface area contributed by atoms with E-state index in [4.69, 9.17) is 9.52 Å². The Hall–Kier alpha value is -3.09. The van der Waals surface area contributed by atoms with Gasteiger partial charge in [-0.1, -0.05) is 0 Å². The lowest BCUT2D eigenvalue weighted by Crippen LogP contribution is -2.22. The highest BCUT2D eigenvalue weighted by Gasteiger charge is 2.27. The van der Waals surface area contributed by atoms with Crippen LogP contribution >= 0.6 is 0 Å². The molecule has 0 saturated carbocycles. The number of aryl methyl sites for hydroxylation is 1. The molecule has 0 bridgehead atoms. The number of nitrogens with one attached hydrogen (secondary N) is 1. The predicted octanol–water partition coefficient (Wildman–Crippen LogP) is 2.46. The number of hydrogen-bond acceptors (Lipinski definition) is 5. The molecule has 3 N–H and O–H groups in total. The van der Waals surface area contributed by atoms with Gasteiger partial charge >= 0.3 is 5.97 Å². The van der Waals surface area contributed by atoms with Crippen LogP contribution in [0, 0.1) is 6.92 Å². The molecule has 1 amide bonds. The van der Waals surface area contributed by atoms with Crippen LogP contribution in [0.4, 0.5) is 0 Å². The molecule has 3 rings (SSSR count). The number of hydrazone groups is 1. The van der Waals surface area contributed by atoms with Crippen molar-refractivity contribution in [2.45, 2.75) is 26.2 Å². The van der Waals surface area contributed by atoms with E-state index >= 15 is 0 Å². The molecule has 24 heavy (non-hydrogen) atoms. The van der Waals surface area contributed by atoms with Crippen molar-refractivity contribution >= 4 is 17.6 Å². The quantitative estimate of drug-likeness (QED) is 0.749. The number of fused-ring (bicyclic) bond motifs is 1. The number of hydrogen-bond donors (Lipinski definition) is 3. The molecular formula is C17H16N2O5. The average Bonchev–Trinajstić information content (AvgIpc) is 2.91. The first-order chi connectivity index (χ1) is 11.5. The first-order valence-corrected chi connectivity index (χ1v) is 7.49. The van der Waals surface area contributed by atoms with Crippen LogP contribution in [0.25, 0.3) is 0 Å². The van der Waals surface area contributed by atoms with Gasteiger partial charge in [-0.25, -0.2) is 10.2 Å². The van der Waals surface area contributed by atoms with E-state index in [0.717, 1.165) is 6.42 Å². The number of rotatable bonds is 3. The van der Waals surface area contributed by atoms with Crippen molar-refractivity contribution in [3.05, 3.63) is 52.5 Å². The van der Waals surface area contributed by atoms with E-state index in [2.05, 4.69) is 10.5 Å². The van der Waals surface area contributed by atoms with Crippen LogP contribution in [0.15, 0.2) is 33.8 Å². The van der Waals surface area contributed by atoms with Crippen LogP contribution in [0.3, 0.4) is 0 Å². The normalized spacial score (nSPS) is 15.1. The van der Waals surface area contributed by atoms with E-state index in [0.29, 0.717) is 41.0 Å². The molecule has 1 aliphatic rings. The molecule has 1 aromatic carbocycles. The monoisotopic (exact) mass is 328 g/mol. The summed E-state index contributed by atoms with van der Waals surface area (Å²) in [7, 11) is 0. The Morgan fingerprint density at radius 1 is 1.21 bits per heavy atom. The van der Waals surface area contributed by atoms with Gasteiger partial charge in [0.15, 0.2) is 0 Å². The summed E-state index contributed by atoms with van der Waals surface area (Å²) in [6.45, 7) is 1.68. The predicted molar refractivity (Wildman–Crippen MR) is 85.5 cm³/mol. The molecule has 7 heteroatoms. The fourth-order valence-corrected chi connectivity index (χ4v) is 2.78. The molecule has 124 valence electrons. The van der Waals surface area contributed by atoms with E-state index < -0.39 is 11.9 Å². The van der Waals surface area contributed by atoms with E-state index in [1.807, 2.05) is 0 Å². The summed E-state index contributed by atoms with van der Waals surface area (Å²) in [6.07, 6.45) is 2.05. The second kappa shape index (κ2) is 6.19. The molecule has 0 radical (unpaired) electrons. The van der Waals surface area contributed by atoms with Gasteiger partial charge in [0.1, 0.15) is 11.5 Å². The molecule has 2 aromatic rings. The number of nitrogens with zero attached hydrogens (tertiary/aromatic N) is 1. The van der Waals surface area contributed by atoms with Crippen molar-refractivity contribution in [1.82, 2.24) is 5.43 Å². The molecule has 7 nitrogen and oxygen atoms in total. The Morgan fingerprint density at radius 3 is 2.58 bits per heavy atom. The van der Waals surface area contributed by atoms with Gasteiger partial charge in [0.05, 0.1) is 5.71 Å². The van der Waals surface area contributed by atoms with Crippen LogP contribution < -0.4 is 5.43 Å². The second-order valence-electron chi connectivity index (χ2n) is 5.56. The summed E-state index contributed by atoms with van der Waals surface area (Å²) in [5, 5.41) is 22.6. The van der Waals surface area contributed by atoms with Gasteiger partial charge in [0, 0.05) is 23.1 Å². The third kappa shape index (κ3) is 2.88. The largest absolute Gasteiger partial charge is 0.508 e. The van der Waals surface area contributed by atoms with Gasteiger partial charge in [0.2, 0.25) is 5.76 Å². The zero-order valence-corrected chi connectivity index (χ0v) is 13.0. The van der Waals surface area contributed by atoms with Crippen LogP contribution in [0.1, 0.15) is 50.6 Å². The first kappa shape index (κ1) is 15.8. The fraction of sp³-hybridized carbons (Fsp3) is 0.235. The summed E-state index contributed by atoms with van der Waals surface area (Å²) >= 11 is 0. The molecule has 1 aromatic heterocycles. The number of aromatic hydroxyl groups is 1. The SMILES string of the molecule is Cc1c(C(=O)O)oc2c1/C(=N\NC(=O)c1ccc(O)cc1)CCC2. The lowest BCUT2D eigenvalue weighted by atomic mass is 9.93. The molecule has 0 fully saturated rings. The van der Waals surface area contributed by atoms with Crippen LogP contribution in [0.5, 0.6) is 5.75 Å². The maximum atomic E-state index is 12.1. The minimum absolute atomic E-state index is 0.0741. The van der Waals surface area contributed by atoms with Gasteiger partial charge in [-0.3, -0.25) is 4.79 Å². The Labute approximate surface area is 137 Å². The molecule has 0 unspecified atom stereocenters. The number of aromatic carboxylic acids is 1. The van der Waals surface area contributed by atoms with Crippen molar-refractivity contribution in [1.29, 1.82) is 0 Å². The van der Waals surface area contributed by atoms with Crippen molar-refractivity contribution in [2.75, 3.05) is 0 Å². The zero-order valence-electron chi connectivity index (χ0n) is 13.0. The molecular weight excluding hydrogens is 312 g/mol. The minimum atomic E-state index is -1.12. The highest BCUT2D eigenvalue weighted by atomic mass is 16.4. The van der Waals surface area contributed by atoms with Crippen LogP contribution in [-0.4, -0.2) is 27.8 Å². The Kier molecular flexibility index (Phi) is 4.07. The Balaban J connectivity index is 1.86. The van der Waals surface area contributed by atoms with E-state index in [1.54, 1.807) is 6.92 Å². The lowest BCUT2D eigenvalue weighted by molar-refractivity contribution is 0.0659. The number of carboxylic acids is 1. The lowest BCUT2D eigenvalue weighted by Gasteiger charge is -2.13. The van der Waals surface area contributed by atoms with E-state index in [9.17, 15) is 14.7 Å². The summed E-state index contributed by atoms with van der Waals surface area (Å²) in [5.74, 6) is -0.943. The van der Waals surface area contributed by atoms with Gasteiger partial charge in [-0.05, 0) is 44.0 Å². The molecule has 0 spiro atoms. The van der Waals surface area contributed by atoms with Crippen LogP contribution in [-0.2, 0) is 6.42 Å². The smallest absolute Gasteiger partial charge is 0.372 e. The third-order valence-corrected chi connectivity index (χ3v) is 3.94. The standard InChI is InChI=1S/C17H16N2O5/c1-9-14-12(3-2-4-13(14)24-15(9)17(22)23)18-19-16(21)10-5-7-11(20)8-6-10/h5-8,20H,2-4H2,1H3,(H,19,21)(H,22,23)/b18-12-. The highest BCUT2D eigenvalue weighted by Crippen LogP contribution is 2.29. The topological polar surface area (TPSA) is 112 Å². The zero-order chi connectivity index (χ0) is 17.3. The fourth-order valence-electron chi connectivity index (χ4n) is 2.78. The number of amides is 1. The van der Waals surface area contributed by atoms with E-state index in [-0.39, 0.29) is 11.5 Å². The van der Waals surface area contributed by atoms with Crippen molar-refractivity contribution in [3.63, 3.8) is 0 Å². The number of carbonyl (C=O) groups is 2. The number of phenolic OH excluding ortho intramolecular Hbond substituents is 1. The molecule has 0 saturated heterocycles. The van der Waals surface area contributed by atoms with Crippen molar-refractivity contribution in [2.24, 2.45) is 5.10 Å². The van der Waals surface area contributed by atoms with Gasteiger partial charge in [0.25, 0.3) is 5.91 Å². The summed E-state index contributed by atoms with van der Waals surface area (Å²) in [6, 6.07) is 5.81. The summed E-state index contributed by atoms with van der Waals surface area (Å²) in [5.41, 5.74) is 4.64. The maximum absolute atomic E-state index is 12.1. The van der Waals surface area contributed by atoms with Gasteiger partial charge < -0.3 is 14.6 Å². The average molecular weight is 328 g/mol. The van der Waals surface area contributed by atoms with E-state index in [1.165, 1.54) is 24.3 Å². The molecule has 0 aliphatic heterocycles. The maximum Gasteiger partial charge on any atom is 0.372 e. The summed E-state index contributed by atoms with van der Waals surface area (Å²) in [4.78, 5) is 23.3. The van der Waals surface area contributed by atoms with Gasteiger partial charge in [-0.2, -0.15) is 5.10 Å². The highest BCUT2D eigenvalue weighted by molar-refractivity contribution is 6.06. The van der Waals surface area contributed by atoms with Crippen molar-refractivity contribution in [3.8, 4) is 5.75 Å². The first-order valence-electron chi connectivity index (χ1n) is 7.49. The molecule has 1 heterocycles. The molecule has 1 aliphatic carbocycles. The Morgan fingerprint density at radius 2 is 1.92 bits per heavy atom. The third-order valence-electron chi connectivity index (χ3n) is 3.94. The summed E-state index contributed by atoms with van der Waals surface area (Å²) < 4.78 is 5.41. The number of carboxylic acid groups (broad SMARTS) is 1. The number of benzene rings is 1.